The third kappa shape index (κ3) is 8.13. The monoisotopic (exact) mass is 356 g/mol. The van der Waals surface area contributed by atoms with Crippen molar-refractivity contribution in [1.82, 2.24) is 0 Å². The molecule has 1 saturated carbocycles. The van der Waals surface area contributed by atoms with Gasteiger partial charge in [0.1, 0.15) is 5.78 Å². The minimum absolute atomic E-state index is 0.114. The Hall–Kier alpha value is -1.23. The van der Waals surface area contributed by atoms with E-state index in [1.165, 1.54) is 6.42 Å². The van der Waals surface area contributed by atoms with E-state index in [9.17, 15) is 14.0 Å². The smallest absolute Gasteiger partial charge is 0.369 e. The van der Waals surface area contributed by atoms with E-state index in [-0.39, 0.29) is 5.92 Å². The summed E-state index contributed by atoms with van der Waals surface area (Å²) in [5.74, 6) is -4.03. The molecule has 0 aromatic carbocycles. The minimum atomic E-state index is -3.13. The van der Waals surface area contributed by atoms with E-state index in [1.54, 1.807) is 0 Å². The summed E-state index contributed by atoms with van der Waals surface area (Å²) in [6.07, 6.45) is 13.8. The first-order chi connectivity index (χ1) is 11.9. The fourth-order valence-electron chi connectivity index (χ4n) is 3.63. The van der Waals surface area contributed by atoms with E-state index in [4.69, 9.17) is 10.2 Å². The quantitative estimate of drug-likeness (QED) is 0.367. The zero-order valence-corrected chi connectivity index (χ0v) is 15.4. The van der Waals surface area contributed by atoms with Crippen LogP contribution in [0.5, 0.6) is 0 Å². The molecule has 0 radical (unpaired) electrons. The number of carboxylic acid groups (broad SMARTS) is 1. The van der Waals surface area contributed by atoms with Crippen LogP contribution in [0.3, 0.4) is 0 Å². The molecule has 0 amide bonds. The summed E-state index contributed by atoms with van der Waals surface area (Å²) < 4.78 is 13.2. The SMILES string of the molecule is CCCC=CCCC[C@H]1CCC(=O)[C@@H]1CCCCCC(O)(F)C(=O)O. The molecule has 25 heavy (non-hydrogen) atoms. The number of hydrogen-bond donors (Lipinski definition) is 2. The Morgan fingerprint density at radius 3 is 2.60 bits per heavy atom. The molecule has 1 rings (SSSR count). The van der Waals surface area contributed by atoms with Crippen molar-refractivity contribution in [2.45, 2.75) is 89.8 Å². The van der Waals surface area contributed by atoms with Crippen LogP contribution >= 0.6 is 0 Å². The second-order valence-electron chi connectivity index (χ2n) is 7.23. The first-order valence-electron chi connectivity index (χ1n) is 9.71. The summed E-state index contributed by atoms with van der Waals surface area (Å²) in [7, 11) is 0. The average molecular weight is 356 g/mol. The van der Waals surface area contributed by atoms with Gasteiger partial charge in [-0.2, -0.15) is 4.39 Å². The highest BCUT2D eigenvalue weighted by Crippen LogP contribution is 2.36. The maximum Gasteiger partial charge on any atom is 0.369 e. The molecule has 144 valence electrons. The van der Waals surface area contributed by atoms with E-state index in [2.05, 4.69) is 19.1 Å². The van der Waals surface area contributed by atoms with Crippen LogP contribution in [0.4, 0.5) is 4.39 Å². The van der Waals surface area contributed by atoms with Crippen LogP contribution in [0.2, 0.25) is 0 Å². The van der Waals surface area contributed by atoms with Crippen molar-refractivity contribution in [3.05, 3.63) is 12.2 Å². The lowest BCUT2D eigenvalue weighted by atomic mass is 9.86. The summed E-state index contributed by atoms with van der Waals surface area (Å²) in [4.78, 5) is 22.6. The van der Waals surface area contributed by atoms with Gasteiger partial charge in [-0.25, -0.2) is 4.79 Å². The predicted octanol–water partition coefficient (Wildman–Crippen LogP) is 4.80. The second kappa shape index (κ2) is 11.4. The average Bonchev–Trinajstić information content (AvgIpc) is 2.90. The van der Waals surface area contributed by atoms with Crippen molar-refractivity contribution < 1.29 is 24.2 Å². The Labute approximate surface area is 150 Å². The van der Waals surface area contributed by atoms with Crippen LogP contribution in [0, 0.1) is 11.8 Å². The molecule has 0 spiro atoms. The molecule has 4 nitrogen and oxygen atoms in total. The number of Topliss-reactive ketones (excluding diaryl/α,β-unsaturated/α-hetero) is 1. The largest absolute Gasteiger partial charge is 0.477 e. The standard InChI is InChI=1S/C20H33FO4/c1-2-3-4-5-6-8-11-16-13-14-18(22)17(16)12-9-7-10-15-20(21,25)19(23)24/h4-5,16-17,25H,2-3,6-15H2,1H3,(H,23,24)/t16-,17+,20?/m0/s1. The summed E-state index contributed by atoms with van der Waals surface area (Å²) >= 11 is 0. The molecular formula is C20H33FO4. The molecule has 3 atom stereocenters. The van der Waals surface area contributed by atoms with Crippen LogP contribution in [-0.4, -0.2) is 27.8 Å². The minimum Gasteiger partial charge on any atom is -0.477 e. The second-order valence-corrected chi connectivity index (χ2v) is 7.23. The molecule has 0 aromatic heterocycles. The fourth-order valence-corrected chi connectivity index (χ4v) is 3.63. The van der Waals surface area contributed by atoms with Crippen molar-refractivity contribution in [2.75, 3.05) is 0 Å². The first kappa shape index (κ1) is 21.8. The molecule has 1 aliphatic carbocycles. The summed E-state index contributed by atoms with van der Waals surface area (Å²) in [5, 5.41) is 17.6. The van der Waals surface area contributed by atoms with Crippen LogP contribution in [0.25, 0.3) is 0 Å². The Morgan fingerprint density at radius 1 is 1.20 bits per heavy atom. The highest BCUT2D eigenvalue weighted by atomic mass is 19.2. The van der Waals surface area contributed by atoms with Gasteiger partial charge in [0.25, 0.3) is 0 Å². The van der Waals surface area contributed by atoms with E-state index in [1.807, 2.05) is 0 Å². The number of ketones is 1. The zero-order valence-electron chi connectivity index (χ0n) is 15.4. The molecule has 2 N–H and O–H groups in total. The van der Waals surface area contributed by atoms with Crippen molar-refractivity contribution in [3.8, 4) is 0 Å². The van der Waals surface area contributed by atoms with Gasteiger partial charge in [-0.15, -0.1) is 0 Å². The number of unbranched alkanes of at least 4 members (excludes halogenated alkanes) is 4. The zero-order chi connectivity index (χ0) is 18.7. The summed E-state index contributed by atoms with van der Waals surface area (Å²) in [5.41, 5.74) is 0. The number of aliphatic carboxylic acids is 1. The Kier molecular flexibility index (Phi) is 9.94. The van der Waals surface area contributed by atoms with Gasteiger partial charge in [-0.3, -0.25) is 4.79 Å². The van der Waals surface area contributed by atoms with Gasteiger partial charge in [0.2, 0.25) is 0 Å². The topological polar surface area (TPSA) is 74.6 Å². The van der Waals surface area contributed by atoms with Crippen molar-refractivity contribution in [1.29, 1.82) is 0 Å². The molecule has 0 aliphatic heterocycles. The van der Waals surface area contributed by atoms with Gasteiger partial charge in [0.15, 0.2) is 0 Å². The van der Waals surface area contributed by atoms with E-state index >= 15 is 0 Å². The van der Waals surface area contributed by atoms with Crippen molar-refractivity contribution in [2.24, 2.45) is 11.8 Å². The number of hydrogen-bond acceptors (Lipinski definition) is 3. The maximum atomic E-state index is 13.2. The Morgan fingerprint density at radius 2 is 1.92 bits per heavy atom. The summed E-state index contributed by atoms with van der Waals surface area (Å²) in [6.45, 7) is 2.16. The highest BCUT2D eigenvalue weighted by Gasteiger charge is 2.35. The van der Waals surface area contributed by atoms with Gasteiger partial charge in [0.05, 0.1) is 0 Å². The molecule has 0 saturated heterocycles. The number of carboxylic acids is 1. The molecule has 1 unspecified atom stereocenters. The van der Waals surface area contributed by atoms with E-state index in [0.717, 1.165) is 44.9 Å². The third-order valence-corrected chi connectivity index (χ3v) is 5.16. The van der Waals surface area contributed by atoms with Crippen molar-refractivity contribution in [3.63, 3.8) is 0 Å². The van der Waals surface area contributed by atoms with Crippen LogP contribution < -0.4 is 0 Å². The van der Waals surface area contributed by atoms with Gasteiger partial charge in [0, 0.05) is 18.8 Å². The molecule has 1 fully saturated rings. The Balaban J connectivity index is 2.23. The number of rotatable bonds is 13. The first-order valence-corrected chi connectivity index (χ1v) is 9.71. The number of alkyl halides is 1. The molecule has 1 aliphatic rings. The molecule has 0 aromatic rings. The lowest BCUT2D eigenvalue weighted by Crippen LogP contribution is -2.32. The van der Waals surface area contributed by atoms with Crippen LogP contribution in [-0.2, 0) is 9.59 Å². The highest BCUT2D eigenvalue weighted by molar-refractivity contribution is 5.83. The van der Waals surface area contributed by atoms with Gasteiger partial charge >= 0.3 is 11.8 Å². The maximum absolute atomic E-state index is 13.2. The van der Waals surface area contributed by atoms with Gasteiger partial charge < -0.3 is 10.2 Å². The number of carbonyl (C=O) groups excluding carboxylic acids is 1. The van der Waals surface area contributed by atoms with Gasteiger partial charge in [-0.05, 0) is 50.9 Å². The number of allylic oxidation sites excluding steroid dienone is 2. The number of aliphatic hydroxyl groups is 1. The van der Waals surface area contributed by atoms with Crippen molar-refractivity contribution >= 4 is 11.8 Å². The number of carbonyl (C=O) groups is 2. The van der Waals surface area contributed by atoms with E-state index < -0.39 is 18.2 Å². The third-order valence-electron chi connectivity index (χ3n) is 5.16. The number of halogens is 1. The van der Waals surface area contributed by atoms with Crippen LogP contribution in [0.15, 0.2) is 12.2 Å². The molecule has 0 bridgehead atoms. The Bertz CT molecular complexity index is 445. The van der Waals surface area contributed by atoms with Gasteiger partial charge in [-0.1, -0.05) is 38.3 Å². The molecule has 0 heterocycles. The van der Waals surface area contributed by atoms with E-state index in [0.29, 0.717) is 31.0 Å². The van der Waals surface area contributed by atoms with Crippen LogP contribution in [0.1, 0.15) is 84.0 Å². The predicted molar refractivity (Wildman–Crippen MR) is 95.9 cm³/mol. The summed E-state index contributed by atoms with van der Waals surface area (Å²) in [6, 6.07) is 0. The lowest BCUT2D eigenvalue weighted by Gasteiger charge is -2.18. The molecule has 5 heteroatoms. The normalized spacial score (nSPS) is 23.2. The molecular weight excluding hydrogens is 323 g/mol. The fraction of sp³-hybridized carbons (Fsp3) is 0.800. The lowest BCUT2D eigenvalue weighted by molar-refractivity contribution is -0.181.